The number of anilines is 5. The molecule has 12 nitrogen and oxygen atoms in total. The highest BCUT2D eigenvalue weighted by Crippen LogP contribution is 2.37. The Kier molecular flexibility index (Phi) is 12.4. The van der Waals surface area contributed by atoms with Gasteiger partial charge < -0.3 is 31.3 Å². The largest absolute Gasteiger partial charge is 0.469 e. The van der Waals surface area contributed by atoms with Gasteiger partial charge in [-0.05, 0) is 97.8 Å². The number of hydrogen-bond donors (Lipinski definition) is 5. The van der Waals surface area contributed by atoms with Crippen LogP contribution in [0.2, 0.25) is 0 Å². The first-order chi connectivity index (χ1) is 25.8. The lowest BCUT2D eigenvalue weighted by atomic mass is 9.88. The van der Waals surface area contributed by atoms with E-state index in [0.717, 1.165) is 43.0 Å². The molecule has 0 spiro atoms. The van der Waals surface area contributed by atoms with E-state index in [1.54, 1.807) is 55.5 Å². The summed E-state index contributed by atoms with van der Waals surface area (Å²) in [4.78, 5) is 58.4. The number of esters is 1. The Morgan fingerprint density at radius 3 is 2.26 bits per heavy atom. The van der Waals surface area contributed by atoms with Crippen LogP contribution in [0.25, 0.3) is 5.70 Å². The Bertz CT molecular complexity index is 2080. The van der Waals surface area contributed by atoms with Crippen molar-refractivity contribution in [2.24, 2.45) is 0 Å². The quantitative estimate of drug-likeness (QED) is 0.0656. The van der Waals surface area contributed by atoms with Crippen LogP contribution in [0.5, 0.6) is 0 Å². The Hall–Kier alpha value is -6.51. The van der Waals surface area contributed by atoms with E-state index >= 15 is 0 Å². The zero-order valence-corrected chi connectivity index (χ0v) is 29.5. The lowest BCUT2D eigenvalue weighted by Crippen LogP contribution is -2.43. The van der Waals surface area contributed by atoms with Crippen molar-refractivity contribution >= 4 is 58.1 Å². The standard InChI is InChI=1S/C39H38F3N7O5/c1-4-33(50)49-32(16-17-34(51)54-3)37(53)46-27-12-7-13-28(19-27)48-38-43-21-30(22-44-38)47-36(52)31-20-29(15-14-23(31)2)45-35(24-8-5-9-24)25-10-6-11-26(18-25)39(40,41)42/h4,6-7,10-15,18-22,32,45H,1,5,8-9,16-17H2,2-3H3,(H,46,53)(H,47,52)(H,49,50)(H,43,44,48). The molecule has 4 aromatic rings. The molecule has 1 aromatic heterocycles. The van der Waals surface area contributed by atoms with E-state index in [9.17, 15) is 32.3 Å². The summed E-state index contributed by atoms with van der Waals surface area (Å²) in [6, 6.07) is 16.0. The van der Waals surface area contributed by atoms with Crippen LogP contribution >= 0.6 is 0 Å². The smallest absolute Gasteiger partial charge is 0.416 e. The molecule has 0 bridgehead atoms. The normalized spacial score (nSPS) is 12.7. The third kappa shape index (κ3) is 10.3. The number of nitrogens with one attached hydrogen (secondary N) is 5. The lowest BCUT2D eigenvalue weighted by molar-refractivity contribution is -0.141. The maximum absolute atomic E-state index is 13.5. The lowest BCUT2D eigenvalue weighted by Gasteiger charge is -2.24. The number of aromatic nitrogens is 2. The first kappa shape index (κ1) is 38.7. The van der Waals surface area contributed by atoms with Gasteiger partial charge >= 0.3 is 12.1 Å². The molecular weight excluding hydrogens is 703 g/mol. The second kappa shape index (κ2) is 17.3. The number of carbonyl (C=O) groups is 4. The van der Waals surface area contributed by atoms with E-state index in [2.05, 4.69) is 47.9 Å². The first-order valence-electron chi connectivity index (χ1n) is 16.9. The fourth-order valence-electron chi connectivity index (χ4n) is 5.46. The van der Waals surface area contributed by atoms with Crippen LogP contribution in [0, 0.1) is 6.92 Å². The van der Waals surface area contributed by atoms with Crippen LogP contribution in [0.3, 0.4) is 0 Å². The number of alkyl halides is 3. The zero-order valence-electron chi connectivity index (χ0n) is 29.5. The minimum atomic E-state index is -4.48. The topological polar surface area (TPSA) is 163 Å². The van der Waals surface area contributed by atoms with Gasteiger partial charge in [-0.3, -0.25) is 19.2 Å². The monoisotopic (exact) mass is 741 g/mol. The van der Waals surface area contributed by atoms with E-state index in [0.29, 0.717) is 45.1 Å². The maximum Gasteiger partial charge on any atom is 0.416 e. The summed E-state index contributed by atoms with van der Waals surface area (Å²) in [5.74, 6) is -1.89. The summed E-state index contributed by atoms with van der Waals surface area (Å²) in [5.41, 5.74) is 4.09. The molecule has 1 aliphatic rings. The summed E-state index contributed by atoms with van der Waals surface area (Å²) >= 11 is 0. The van der Waals surface area contributed by atoms with Crippen LogP contribution in [0.15, 0.2) is 97.4 Å². The minimum Gasteiger partial charge on any atom is -0.469 e. The van der Waals surface area contributed by atoms with Crippen molar-refractivity contribution in [2.45, 2.75) is 51.2 Å². The number of amides is 3. The molecule has 0 saturated heterocycles. The van der Waals surface area contributed by atoms with Gasteiger partial charge in [-0.2, -0.15) is 13.2 Å². The van der Waals surface area contributed by atoms with Crippen molar-refractivity contribution in [1.29, 1.82) is 0 Å². The zero-order chi connectivity index (χ0) is 38.8. The molecule has 1 saturated carbocycles. The van der Waals surface area contributed by atoms with E-state index in [-0.39, 0.29) is 18.8 Å². The van der Waals surface area contributed by atoms with Crippen molar-refractivity contribution < 1.29 is 37.1 Å². The average molecular weight is 742 g/mol. The molecule has 1 atom stereocenters. The van der Waals surface area contributed by atoms with Gasteiger partial charge in [0, 0.05) is 34.7 Å². The molecule has 1 fully saturated rings. The molecule has 280 valence electrons. The highest BCUT2D eigenvalue weighted by Gasteiger charge is 2.31. The molecular formula is C39H38F3N7O5. The molecule has 3 aromatic carbocycles. The molecule has 5 N–H and O–H groups in total. The van der Waals surface area contributed by atoms with Gasteiger partial charge in [-0.25, -0.2) is 9.97 Å². The molecule has 1 heterocycles. The van der Waals surface area contributed by atoms with Gasteiger partial charge in [-0.15, -0.1) is 0 Å². The van der Waals surface area contributed by atoms with Gasteiger partial charge in [0.05, 0.1) is 30.8 Å². The molecule has 3 amide bonds. The van der Waals surface area contributed by atoms with Crippen molar-refractivity contribution in [1.82, 2.24) is 15.3 Å². The summed E-state index contributed by atoms with van der Waals surface area (Å²) in [5, 5.41) is 14.3. The summed E-state index contributed by atoms with van der Waals surface area (Å²) in [6.07, 6.45) is 1.78. The van der Waals surface area contributed by atoms with Crippen molar-refractivity contribution in [3.8, 4) is 0 Å². The van der Waals surface area contributed by atoms with Gasteiger partial charge in [0.1, 0.15) is 6.04 Å². The van der Waals surface area contributed by atoms with Gasteiger partial charge in [0.2, 0.25) is 17.8 Å². The Labute approximate surface area is 309 Å². The van der Waals surface area contributed by atoms with Gasteiger partial charge in [0.25, 0.3) is 5.91 Å². The fourth-order valence-corrected chi connectivity index (χ4v) is 5.46. The summed E-state index contributed by atoms with van der Waals surface area (Å²) in [7, 11) is 1.23. The number of nitrogens with zero attached hydrogens (tertiary/aromatic N) is 2. The first-order valence-corrected chi connectivity index (χ1v) is 16.9. The fraction of sp³-hybridized carbons (Fsp3) is 0.231. The number of methoxy groups -OCH3 is 1. The number of allylic oxidation sites excluding steroid dienone is 1. The van der Waals surface area contributed by atoms with Crippen LogP contribution in [0.4, 0.5) is 41.9 Å². The van der Waals surface area contributed by atoms with Crippen molar-refractivity contribution in [3.05, 3.63) is 120 Å². The highest BCUT2D eigenvalue weighted by molar-refractivity contribution is 6.06. The molecule has 15 heteroatoms. The second-order valence-electron chi connectivity index (χ2n) is 12.4. The van der Waals surface area contributed by atoms with Crippen LogP contribution in [-0.2, 0) is 25.3 Å². The molecule has 1 aliphatic carbocycles. The summed E-state index contributed by atoms with van der Waals surface area (Å²) < 4.78 is 45.0. The summed E-state index contributed by atoms with van der Waals surface area (Å²) in [6.45, 7) is 5.16. The molecule has 0 radical (unpaired) electrons. The number of carbonyl (C=O) groups excluding carboxylic acids is 4. The third-order valence-electron chi connectivity index (χ3n) is 8.52. The molecule has 54 heavy (non-hydrogen) atoms. The number of aryl methyl sites for hydroxylation is 1. The number of ether oxygens (including phenoxy) is 1. The number of benzene rings is 3. The maximum atomic E-state index is 13.5. The van der Waals surface area contributed by atoms with Crippen molar-refractivity contribution in [3.63, 3.8) is 0 Å². The highest BCUT2D eigenvalue weighted by atomic mass is 19.4. The molecule has 0 aliphatic heterocycles. The van der Waals surface area contributed by atoms with Crippen LogP contribution < -0.4 is 26.6 Å². The van der Waals surface area contributed by atoms with E-state index in [1.807, 2.05) is 0 Å². The number of halogens is 3. The van der Waals surface area contributed by atoms with Crippen LogP contribution in [0.1, 0.15) is 59.2 Å². The minimum absolute atomic E-state index is 0.0110. The predicted octanol–water partition coefficient (Wildman–Crippen LogP) is 7.37. The van der Waals surface area contributed by atoms with E-state index in [1.165, 1.54) is 25.6 Å². The van der Waals surface area contributed by atoms with Crippen molar-refractivity contribution in [2.75, 3.05) is 28.4 Å². The Morgan fingerprint density at radius 1 is 0.889 bits per heavy atom. The van der Waals surface area contributed by atoms with E-state index in [4.69, 9.17) is 0 Å². The third-order valence-corrected chi connectivity index (χ3v) is 8.52. The van der Waals surface area contributed by atoms with Gasteiger partial charge in [-0.1, -0.05) is 30.8 Å². The number of hydrogen-bond acceptors (Lipinski definition) is 9. The van der Waals surface area contributed by atoms with Crippen LogP contribution in [-0.4, -0.2) is 46.8 Å². The molecule has 1 unspecified atom stereocenters. The van der Waals surface area contributed by atoms with Gasteiger partial charge in [0.15, 0.2) is 0 Å². The Morgan fingerprint density at radius 2 is 1.59 bits per heavy atom. The number of rotatable bonds is 14. The second-order valence-corrected chi connectivity index (χ2v) is 12.4. The average Bonchev–Trinajstić information content (AvgIpc) is 3.13. The van der Waals surface area contributed by atoms with E-state index < -0.39 is 41.5 Å². The molecule has 5 rings (SSSR count). The predicted molar refractivity (Wildman–Crippen MR) is 199 cm³/mol. The SMILES string of the molecule is C=CC(=O)NC(CCC(=O)OC)C(=O)Nc1cccc(Nc2ncc(NC(=O)c3cc(NC(=C4CCC4)c4cccc(C(F)(F)F)c4)ccc3C)cn2)c1. The Balaban J connectivity index is 1.23.